The third kappa shape index (κ3) is 2.94. The zero-order chi connectivity index (χ0) is 18.1. The first-order valence-corrected chi connectivity index (χ1v) is 9.26. The molecule has 1 aliphatic heterocycles. The lowest BCUT2D eigenvalue weighted by Gasteiger charge is -2.03. The van der Waals surface area contributed by atoms with Crippen LogP contribution in [0.1, 0.15) is 24.2 Å². The molecular formula is C19H18N2O4S. The van der Waals surface area contributed by atoms with E-state index in [1.807, 2.05) is 36.6 Å². The van der Waals surface area contributed by atoms with Gasteiger partial charge in [0.2, 0.25) is 6.79 Å². The van der Waals surface area contributed by atoms with Crippen LogP contribution >= 0.6 is 11.3 Å². The van der Waals surface area contributed by atoms with Crippen molar-refractivity contribution >= 4 is 27.5 Å². The minimum atomic E-state index is -0.304. The Labute approximate surface area is 154 Å². The van der Waals surface area contributed by atoms with Crippen molar-refractivity contribution in [3.63, 3.8) is 0 Å². The standard InChI is InChI=1S/C19H18N2O4S/c1-3-21-14-7-6-13(23-4-2)10-17(14)26-19(21)20-18(22)12-5-8-15-16(9-12)25-11-24-15/h5-10H,3-4,11H2,1-2H3. The molecule has 0 saturated heterocycles. The van der Waals surface area contributed by atoms with Crippen LogP contribution in [0.4, 0.5) is 0 Å². The molecule has 0 atom stereocenters. The second-order valence-electron chi connectivity index (χ2n) is 5.68. The number of rotatable bonds is 4. The van der Waals surface area contributed by atoms with E-state index < -0.39 is 0 Å². The lowest BCUT2D eigenvalue weighted by atomic mass is 10.2. The number of hydrogen-bond acceptors (Lipinski definition) is 5. The molecule has 2 heterocycles. The van der Waals surface area contributed by atoms with Crippen LogP contribution in [0.3, 0.4) is 0 Å². The second-order valence-corrected chi connectivity index (χ2v) is 6.69. The van der Waals surface area contributed by atoms with Crippen LogP contribution in [-0.4, -0.2) is 23.9 Å². The Morgan fingerprint density at radius 1 is 1.19 bits per heavy atom. The van der Waals surface area contributed by atoms with Crippen LogP contribution in [0.25, 0.3) is 10.2 Å². The third-order valence-electron chi connectivity index (χ3n) is 4.10. The van der Waals surface area contributed by atoms with Gasteiger partial charge in [0.05, 0.1) is 16.8 Å². The summed E-state index contributed by atoms with van der Waals surface area (Å²) in [6.07, 6.45) is 0. The number of benzene rings is 2. The molecular weight excluding hydrogens is 352 g/mol. The van der Waals surface area contributed by atoms with Crippen molar-refractivity contribution in [2.45, 2.75) is 20.4 Å². The molecule has 0 radical (unpaired) electrons. The molecule has 1 amide bonds. The number of carbonyl (C=O) groups is 1. The fourth-order valence-electron chi connectivity index (χ4n) is 2.88. The van der Waals surface area contributed by atoms with Crippen molar-refractivity contribution in [2.75, 3.05) is 13.4 Å². The van der Waals surface area contributed by atoms with Crippen LogP contribution in [0.5, 0.6) is 17.2 Å². The fraction of sp³-hybridized carbons (Fsp3) is 0.263. The van der Waals surface area contributed by atoms with Gasteiger partial charge in [-0.2, -0.15) is 4.99 Å². The highest BCUT2D eigenvalue weighted by Crippen LogP contribution is 2.32. The zero-order valence-corrected chi connectivity index (χ0v) is 15.3. The number of ether oxygens (including phenoxy) is 3. The summed E-state index contributed by atoms with van der Waals surface area (Å²) < 4.78 is 19.2. The van der Waals surface area contributed by atoms with E-state index in [4.69, 9.17) is 14.2 Å². The maximum atomic E-state index is 12.6. The van der Waals surface area contributed by atoms with Gasteiger partial charge in [0.15, 0.2) is 16.3 Å². The average molecular weight is 370 g/mol. The van der Waals surface area contributed by atoms with Gasteiger partial charge in [0.1, 0.15) is 5.75 Å². The Hall–Kier alpha value is -2.80. The van der Waals surface area contributed by atoms with Gasteiger partial charge in [-0.25, -0.2) is 0 Å². The summed E-state index contributed by atoms with van der Waals surface area (Å²) in [5.41, 5.74) is 1.52. The van der Waals surface area contributed by atoms with E-state index in [0.717, 1.165) is 22.5 Å². The number of fused-ring (bicyclic) bond motifs is 2. The highest BCUT2D eigenvalue weighted by molar-refractivity contribution is 7.16. The molecule has 6 nitrogen and oxygen atoms in total. The molecule has 1 aromatic heterocycles. The first kappa shape index (κ1) is 16.7. The van der Waals surface area contributed by atoms with Crippen molar-refractivity contribution in [3.8, 4) is 17.2 Å². The van der Waals surface area contributed by atoms with E-state index in [0.29, 0.717) is 28.5 Å². The van der Waals surface area contributed by atoms with Gasteiger partial charge in [0.25, 0.3) is 5.91 Å². The SMILES string of the molecule is CCOc1ccc2c(c1)sc(=NC(=O)c1ccc3c(c1)OCO3)n2CC. The molecule has 0 fully saturated rings. The van der Waals surface area contributed by atoms with E-state index in [1.54, 1.807) is 18.2 Å². The zero-order valence-electron chi connectivity index (χ0n) is 14.5. The molecule has 0 saturated carbocycles. The number of amides is 1. The van der Waals surface area contributed by atoms with Crippen molar-refractivity contribution < 1.29 is 19.0 Å². The quantitative estimate of drug-likeness (QED) is 0.704. The largest absolute Gasteiger partial charge is 0.494 e. The molecule has 0 N–H and O–H groups in total. The van der Waals surface area contributed by atoms with Crippen LogP contribution in [0, 0.1) is 0 Å². The van der Waals surface area contributed by atoms with Gasteiger partial charge in [-0.05, 0) is 50.2 Å². The molecule has 4 rings (SSSR count). The van der Waals surface area contributed by atoms with Crippen LogP contribution in [0.15, 0.2) is 41.4 Å². The maximum Gasteiger partial charge on any atom is 0.279 e. The van der Waals surface area contributed by atoms with Gasteiger partial charge in [-0.1, -0.05) is 11.3 Å². The normalized spacial score (nSPS) is 13.4. The average Bonchev–Trinajstić information content (AvgIpc) is 3.24. The van der Waals surface area contributed by atoms with Crippen molar-refractivity contribution in [1.29, 1.82) is 0 Å². The first-order chi connectivity index (χ1) is 12.7. The number of aryl methyl sites for hydroxylation is 1. The van der Waals surface area contributed by atoms with Gasteiger partial charge in [-0.15, -0.1) is 0 Å². The lowest BCUT2D eigenvalue weighted by Crippen LogP contribution is -2.15. The highest BCUT2D eigenvalue weighted by Gasteiger charge is 2.16. The molecule has 0 unspecified atom stereocenters. The predicted molar refractivity (Wildman–Crippen MR) is 99.1 cm³/mol. The van der Waals surface area contributed by atoms with Crippen LogP contribution < -0.4 is 19.0 Å². The number of thiazole rings is 1. The molecule has 134 valence electrons. The summed E-state index contributed by atoms with van der Waals surface area (Å²) >= 11 is 1.48. The van der Waals surface area contributed by atoms with E-state index in [-0.39, 0.29) is 12.7 Å². The molecule has 1 aliphatic rings. The van der Waals surface area contributed by atoms with E-state index >= 15 is 0 Å². The van der Waals surface area contributed by atoms with Gasteiger partial charge in [0, 0.05) is 12.1 Å². The molecule has 0 bridgehead atoms. The van der Waals surface area contributed by atoms with E-state index in [9.17, 15) is 4.79 Å². The fourth-order valence-corrected chi connectivity index (χ4v) is 4.00. The second kappa shape index (κ2) is 6.84. The first-order valence-electron chi connectivity index (χ1n) is 8.44. The van der Waals surface area contributed by atoms with Crippen LogP contribution in [-0.2, 0) is 6.54 Å². The Balaban J connectivity index is 1.75. The van der Waals surface area contributed by atoms with E-state index in [1.165, 1.54) is 11.3 Å². The monoisotopic (exact) mass is 370 g/mol. The summed E-state index contributed by atoms with van der Waals surface area (Å²) in [5.74, 6) is 1.74. The molecule has 26 heavy (non-hydrogen) atoms. The highest BCUT2D eigenvalue weighted by atomic mass is 32.1. The molecule has 2 aromatic carbocycles. The maximum absolute atomic E-state index is 12.6. The number of carbonyl (C=O) groups excluding carboxylic acids is 1. The smallest absolute Gasteiger partial charge is 0.279 e. The molecule has 3 aromatic rings. The Morgan fingerprint density at radius 3 is 2.85 bits per heavy atom. The molecule has 0 spiro atoms. The summed E-state index contributed by atoms with van der Waals surface area (Å²) in [4.78, 5) is 17.6. The van der Waals surface area contributed by atoms with Crippen molar-refractivity contribution in [3.05, 3.63) is 46.8 Å². The van der Waals surface area contributed by atoms with Gasteiger partial charge >= 0.3 is 0 Å². The Kier molecular flexibility index (Phi) is 4.38. The minimum absolute atomic E-state index is 0.179. The summed E-state index contributed by atoms with van der Waals surface area (Å²) in [6, 6.07) is 11.0. The van der Waals surface area contributed by atoms with Gasteiger partial charge < -0.3 is 18.8 Å². The van der Waals surface area contributed by atoms with Crippen molar-refractivity contribution in [1.82, 2.24) is 4.57 Å². The number of hydrogen-bond donors (Lipinski definition) is 0. The topological polar surface area (TPSA) is 62.1 Å². The molecule has 7 heteroatoms. The minimum Gasteiger partial charge on any atom is -0.494 e. The van der Waals surface area contributed by atoms with Crippen LogP contribution in [0.2, 0.25) is 0 Å². The molecule has 0 aliphatic carbocycles. The predicted octanol–water partition coefficient (Wildman–Crippen LogP) is 3.59. The summed E-state index contributed by atoms with van der Waals surface area (Å²) in [7, 11) is 0. The Bertz CT molecular complexity index is 1050. The lowest BCUT2D eigenvalue weighted by molar-refractivity contribution is 0.0997. The third-order valence-corrected chi connectivity index (χ3v) is 5.14. The number of aromatic nitrogens is 1. The van der Waals surface area contributed by atoms with E-state index in [2.05, 4.69) is 4.99 Å². The van der Waals surface area contributed by atoms with Crippen molar-refractivity contribution in [2.24, 2.45) is 4.99 Å². The van der Waals surface area contributed by atoms with Gasteiger partial charge in [-0.3, -0.25) is 4.79 Å². The summed E-state index contributed by atoms with van der Waals surface area (Å²) in [6.45, 7) is 5.51. The number of nitrogens with zero attached hydrogens (tertiary/aromatic N) is 2. The summed E-state index contributed by atoms with van der Waals surface area (Å²) in [5, 5.41) is 0. The Morgan fingerprint density at radius 2 is 2.04 bits per heavy atom.